The minimum atomic E-state index is -0.102. The molecule has 0 spiro atoms. The zero-order valence-electron chi connectivity index (χ0n) is 15.7. The molecule has 1 unspecified atom stereocenters. The normalized spacial score (nSPS) is 16.0. The Morgan fingerprint density at radius 1 is 1.11 bits per heavy atom. The van der Waals surface area contributed by atoms with Gasteiger partial charge in [-0.3, -0.25) is 4.79 Å². The number of hydrogen-bond donors (Lipinski definition) is 1. The number of anilines is 1. The van der Waals surface area contributed by atoms with Gasteiger partial charge >= 0.3 is 0 Å². The van der Waals surface area contributed by atoms with Crippen molar-refractivity contribution in [2.24, 2.45) is 0 Å². The molecule has 0 saturated carbocycles. The third kappa shape index (κ3) is 5.37. The molecule has 1 heterocycles. The highest BCUT2D eigenvalue weighted by Crippen LogP contribution is 2.28. The summed E-state index contributed by atoms with van der Waals surface area (Å²) in [6, 6.07) is 12.8. The van der Waals surface area contributed by atoms with E-state index in [2.05, 4.69) is 5.32 Å². The molecule has 1 amide bonds. The Kier molecular flexibility index (Phi) is 6.54. The number of carbonyl (C=O) groups excluding carboxylic acids is 1. The summed E-state index contributed by atoms with van der Waals surface area (Å²) < 4.78 is 21.7. The molecular weight excluding hydrogens is 346 g/mol. The maximum Gasteiger partial charge on any atom is 0.228 e. The van der Waals surface area contributed by atoms with E-state index in [0.717, 1.165) is 36.4 Å². The van der Waals surface area contributed by atoms with Gasteiger partial charge in [-0.25, -0.2) is 0 Å². The van der Waals surface area contributed by atoms with Crippen molar-refractivity contribution in [2.75, 3.05) is 32.8 Å². The molecule has 6 nitrogen and oxygen atoms in total. The Labute approximate surface area is 159 Å². The van der Waals surface area contributed by atoms with Crippen LogP contribution in [0.5, 0.6) is 17.2 Å². The van der Waals surface area contributed by atoms with Crippen LogP contribution in [0.15, 0.2) is 42.5 Å². The lowest BCUT2D eigenvalue weighted by Crippen LogP contribution is -2.16. The summed E-state index contributed by atoms with van der Waals surface area (Å²) in [6.07, 6.45) is 2.58. The molecule has 0 bridgehead atoms. The highest BCUT2D eigenvalue weighted by molar-refractivity contribution is 5.92. The third-order valence-electron chi connectivity index (χ3n) is 4.41. The fourth-order valence-electron chi connectivity index (χ4n) is 2.98. The summed E-state index contributed by atoms with van der Waals surface area (Å²) in [4.78, 5) is 12.3. The minimum absolute atomic E-state index is 0.102. The highest BCUT2D eigenvalue weighted by atomic mass is 16.5. The van der Waals surface area contributed by atoms with E-state index in [1.165, 1.54) is 0 Å². The lowest BCUT2D eigenvalue weighted by atomic mass is 10.1. The number of methoxy groups -OCH3 is 2. The fraction of sp³-hybridized carbons (Fsp3) is 0.381. The number of hydrogen-bond acceptors (Lipinski definition) is 5. The van der Waals surface area contributed by atoms with Crippen LogP contribution < -0.4 is 19.5 Å². The van der Waals surface area contributed by atoms with E-state index in [1.54, 1.807) is 26.4 Å². The van der Waals surface area contributed by atoms with Crippen LogP contribution >= 0.6 is 0 Å². The maximum absolute atomic E-state index is 12.3. The maximum atomic E-state index is 12.3. The van der Waals surface area contributed by atoms with Gasteiger partial charge in [0.15, 0.2) is 11.5 Å². The van der Waals surface area contributed by atoms with E-state index in [-0.39, 0.29) is 18.4 Å². The second-order valence-electron chi connectivity index (χ2n) is 6.38. The van der Waals surface area contributed by atoms with Crippen molar-refractivity contribution in [3.8, 4) is 17.2 Å². The molecule has 27 heavy (non-hydrogen) atoms. The van der Waals surface area contributed by atoms with Gasteiger partial charge in [0.25, 0.3) is 0 Å². The summed E-state index contributed by atoms with van der Waals surface area (Å²) in [7, 11) is 3.16. The van der Waals surface area contributed by atoms with Gasteiger partial charge in [-0.05, 0) is 54.8 Å². The first-order valence-electron chi connectivity index (χ1n) is 9.03. The Morgan fingerprint density at radius 2 is 1.89 bits per heavy atom. The monoisotopic (exact) mass is 371 g/mol. The fourth-order valence-corrected chi connectivity index (χ4v) is 2.98. The zero-order chi connectivity index (χ0) is 19.1. The number of amides is 1. The highest BCUT2D eigenvalue weighted by Gasteiger charge is 2.16. The van der Waals surface area contributed by atoms with Crippen LogP contribution in [0.25, 0.3) is 0 Å². The van der Waals surface area contributed by atoms with E-state index < -0.39 is 0 Å². The van der Waals surface area contributed by atoms with E-state index in [1.807, 2.05) is 30.3 Å². The number of ether oxygens (including phenoxy) is 4. The molecule has 0 aromatic heterocycles. The minimum Gasteiger partial charge on any atom is -0.493 e. The Hall–Kier alpha value is -2.73. The Morgan fingerprint density at radius 3 is 2.56 bits per heavy atom. The molecule has 3 rings (SSSR count). The van der Waals surface area contributed by atoms with Crippen molar-refractivity contribution in [3.63, 3.8) is 0 Å². The molecule has 1 saturated heterocycles. The van der Waals surface area contributed by atoms with Crippen LogP contribution in [-0.4, -0.2) is 39.4 Å². The number of carbonyl (C=O) groups is 1. The van der Waals surface area contributed by atoms with Gasteiger partial charge in [0, 0.05) is 12.3 Å². The molecular formula is C21H25NO5. The average Bonchev–Trinajstić information content (AvgIpc) is 3.21. The van der Waals surface area contributed by atoms with Crippen molar-refractivity contribution in [2.45, 2.75) is 25.4 Å². The first-order valence-corrected chi connectivity index (χ1v) is 9.03. The van der Waals surface area contributed by atoms with Crippen molar-refractivity contribution < 1.29 is 23.7 Å². The van der Waals surface area contributed by atoms with Gasteiger partial charge in [0.2, 0.25) is 5.91 Å². The lowest BCUT2D eigenvalue weighted by molar-refractivity contribution is -0.115. The van der Waals surface area contributed by atoms with Crippen LogP contribution in [0.1, 0.15) is 18.4 Å². The third-order valence-corrected chi connectivity index (χ3v) is 4.41. The number of rotatable bonds is 8. The standard InChI is InChI=1S/C21H25NO5/c1-24-19-10-5-15(12-20(19)25-2)13-21(23)22-16-6-8-17(9-7-16)27-14-18-4-3-11-26-18/h5-10,12,18H,3-4,11,13-14H2,1-2H3,(H,22,23). The van der Waals surface area contributed by atoms with Gasteiger partial charge in [-0.15, -0.1) is 0 Å². The van der Waals surface area contributed by atoms with E-state index in [0.29, 0.717) is 18.1 Å². The lowest BCUT2D eigenvalue weighted by Gasteiger charge is -2.12. The van der Waals surface area contributed by atoms with Crippen molar-refractivity contribution in [3.05, 3.63) is 48.0 Å². The van der Waals surface area contributed by atoms with Crippen LogP contribution in [0.3, 0.4) is 0 Å². The molecule has 0 aliphatic carbocycles. The average molecular weight is 371 g/mol. The summed E-state index contributed by atoms with van der Waals surface area (Å²) in [6.45, 7) is 1.38. The summed E-state index contributed by atoms with van der Waals surface area (Å²) in [5, 5.41) is 2.89. The van der Waals surface area contributed by atoms with Crippen molar-refractivity contribution in [1.29, 1.82) is 0 Å². The quantitative estimate of drug-likeness (QED) is 0.770. The number of nitrogens with one attached hydrogen (secondary N) is 1. The molecule has 1 atom stereocenters. The van der Waals surface area contributed by atoms with Gasteiger partial charge in [-0.1, -0.05) is 6.07 Å². The second kappa shape index (κ2) is 9.28. The van der Waals surface area contributed by atoms with Crippen molar-refractivity contribution in [1.82, 2.24) is 0 Å². The Balaban J connectivity index is 1.51. The van der Waals surface area contributed by atoms with Gasteiger partial charge in [0.05, 0.1) is 26.7 Å². The predicted molar refractivity (Wildman–Crippen MR) is 103 cm³/mol. The molecule has 2 aromatic carbocycles. The summed E-state index contributed by atoms with van der Waals surface area (Å²) in [5.74, 6) is 1.91. The van der Waals surface area contributed by atoms with Gasteiger partial charge < -0.3 is 24.3 Å². The topological polar surface area (TPSA) is 66.0 Å². The smallest absolute Gasteiger partial charge is 0.228 e. The SMILES string of the molecule is COc1ccc(CC(=O)Nc2ccc(OCC3CCCO3)cc2)cc1OC. The molecule has 1 fully saturated rings. The second-order valence-corrected chi connectivity index (χ2v) is 6.38. The summed E-state index contributed by atoms with van der Waals surface area (Å²) in [5.41, 5.74) is 1.58. The molecule has 6 heteroatoms. The molecule has 144 valence electrons. The Bertz CT molecular complexity index is 754. The molecule has 1 N–H and O–H groups in total. The first-order chi connectivity index (χ1) is 13.2. The zero-order valence-corrected chi connectivity index (χ0v) is 15.7. The van der Waals surface area contributed by atoms with Crippen LogP contribution in [-0.2, 0) is 16.0 Å². The summed E-state index contributed by atoms with van der Waals surface area (Å²) >= 11 is 0. The van der Waals surface area contributed by atoms with Crippen LogP contribution in [0, 0.1) is 0 Å². The van der Waals surface area contributed by atoms with E-state index >= 15 is 0 Å². The first kappa shape index (κ1) is 19.0. The molecule has 1 aliphatic rings. The predicted octanol–water partition coefficient (Wildman–Crippen LogP) is 3.44. The van der Waals surface area contributed by atoms with E-state index in [9.17, 15) is 4.79 Å². The van der Waals surface area contributed by atoms with Gasteiger partial charge in [0.1, 0.15) is 12.4 Å². The molecule has 0 radical (unpaired) electrons. The molecule has 1 aliphatic heterocycles. The van der Waals surface area contributed by atoms with Crippen molar-refractivity contribution >= 4 is 11.6 Å². The number of benzene rings is 2. The van der Waals surface area contributed by atoms with Crippen LogP contribution in [0.4, 0.5) is 5.69 Å². The van der Waals surface area contributed by atoms with E-state index in [4.69, 9.17) is 18.9 Å². The molecule has 2 aromatic rings. The largest absolute Gasteiger partial charge is 0.493 e. The van der Waals surface area contributed by atoms with Gasteiger partial charge in [-0.2, -0.15) is 0 Å². The van der Waals surface area contributed by atoms with Crippen LogP contribution in [0.2, 0.25) is 0 Å².